The number of hydrogen-bond donors (Lipinski definition) is 0. The lowest BCUT2D eigenvalue weighted by Gasteiger charge is -2.09. The molecule has 0 saturated carbocycles. The molecule has 0 bridgehead atoms. The van der Waals surface area contributed by atoms with Gasteiger partial charge in [-0.3, -0.25) is 9.36 Å². The molecular formula is C22H19FN2O2S. The molecule has 0 radical (unpaired) electrons. The predicted molar refractivity (Wildman–Crippen MR) is 111 cm³/mol. The first kappa shape index (κ1) is 18.4. The van der Waals surface area contributed by atoms with Gasteiger partial charge in [0.25, 0.3) is 5.56 Å². The number of rotatable bonds is 5. The van der Waals surface area contributed by atoms with Crippen LogP contribution in [0.4, 0.5) is 4.39 Å². The Labute approximate surface area is 165 Å². The lowest BCUT2D eigenvalue weighted by atomic mass is 10.0. The number of benzene rings is 2. The topological polar surface area (TPSA) is 44.1 Å². The zero-order valence-corrected chi connectivity index (χ0v) is 16.4. The number of aromatic nitrogens is 2. The van der Waals surface area contributed by atoms with Gasteiger partial charge in [-0.1, -0.05) is 24.3 Å². The van der Waals surface area contributed by atoms with Crippen molar-refractivity contribution in [1.82, 2.24) is 9.55 Å². The van der Waals surface area contributed by atoms with Gasteiger partial charge in [-0.25, -0.2) is 9.37 Å². The number of fused-ring (bicyclic) bond motifs is 1. The molecule has 0 N–H and O–H groups in total. The zero-order valence-electron chi connectivity index (χ0n) is 15.6. The number of thiophene rings is 1. The van der Waals surface area contributed by atoms with Crippen molar-refractivity contribution in [1.29, 1.82) is 0 Å². The highest BCUT2D eigenvalue weighted by Crippen LogP contribution is 2.35. The molecular weight excluding hydrogens is 375 g/mol. The minimum atomic E-state index is -0.301. The summed E-state index contributed by atoms with van der Waals surface area (Å²) in [4.78, 5) is 19.2. The third-order valence-corrected chi connectivity index (χ3v) is 5.59. The fraction of sp³-hybridized carbons (Fsp3) is 0.182. The summed E-state index contributed by atoms with van der Waals surface area (Å²) >= 11 is 1.47. The van der Waals surface area contributed by atoms with Crippen LogP contribution in [-0.2, 0) is 6.54 Å². The monoisotopic (exact) mass is 394 g/mol. The molecule has 142 valence electrons. The molecule has 6 heteroatoms. The van der Waals surface area contributed by atoms with Gasteiger partial charge in [-0.15, -0.1) is 11.3 Å². The van der Waals surface area contributed by atoms with Crippen LogP contribution in [0.1, 0.15) is 10.4 Å². The Kier molecular flexibility index (Phi) is 4.96. The summed E-state index contributed by atoms with van der Waals surface area (Å²) in [6, 6.07) is 14.0. The van der Waals surface area contributed by atoms with Crippen molar-refractivity contribution in [2.24, 2.45) is 0 Å². The third-order valence-electron chi connectivity index (χ3n) is 4.58. The molecule has 4 nitrogen and oxygen atoms in total. The van der Waals surface area contributed by atoms with E-state index in [-0.39, 0.29) is 11.4 Å². The Morgan fingerprint density at radius 2 is 1.93 bits per heavy atom. The van der Waals surface area contributed by atoms with Crippen LogP contribution >= 0.6 is 11.3 Å². The predicted octanol–water partition coefficient (Wildman–Crippen LogP) is 4.96. The van der Waals surface area contributed by atoms with Crippen LogP contribution in [-0.4, -0.2) is 16.2 Å². The summed E-state index contributed by atoms with van der Waals surface area (Å²) in [5, 5.41) is 0.576. The Morgan fingerprint density at radius 3 is 2.68 bits per heavy atom. The van der Waals surface area contributed by atoms with Crippen molar-refractivity contribution in [2.75, 3.05) is 6.61 Å². The van der Waals surface area contributed by atoms with E-state index in [2.05, 4.69) is 4.98 Å². The van der Waals surface area contributed by atoms with E-state index in [0.717, 1.165) is 27.3 Å². The van der Waals surface area contributed by atoms with E-state index in [0.29, 0.717) is 23.4 Å². The normalized spacial score (nSPS) is 11.1. The van der Waals surface area contributed by atoms with Gasteiger partial charge in [-0.2, -0.15) is 0 Å². The fourth-order valence-electron chi connectivity index (χ4n) is 3.23. The number of ether oxygens (including phenoxy) is 1. The molecule has 4 rings (SSSR count). The average molecular weight is 394 g/mol. The van der Waals surface area contributed by atoms with Gasteiger partial charge >= 0.3 is 0 Å². The minimum Gasteiger partial charge on any atom is -0.492 e. The van der Waals surface area contributed by atoms with Gasteiger partial charge in [0.2, 0.25) is 0 Å². The molecule has 2 aromatic carbocycles. The molecule has 0 atom stereocenters. The molecule has 2 heterocycles. The molecule has 0 aliphatic heterocycles. The molecule has 0 spiro atoms. The van der Waals surface area contributed by atoms with Crippen LogP contribution in [0.5, 0.6) is 5.75 Å². The van der Waals surface area contributed by atoms with Crippen molar-refractivity contribution >= 4 is 21.6 Å². The van der Waals surface area contributed by atoms with E-state index in [1.165, 1.54) is 23.5 Å². The van der Waals surface area contributed by atoms with Crippen molar-refractivity contribution < 1.29 is 9.13 Å². The summed E-state index contributed by atoms with van der Waals surface area (Å²) < 4.78 is 20.6. The molecule has 0 unspecified atom stereocenters. The first-order valence-electron chi connectivity index (χ1n) is 8.97. The molecule has 4 aromatic rings. The van der Waals surface area contributed by atoms with E-state index in [1.54, 1.807) is 23.0 Å². The van der Waals surface area contributed by atoms with E-state index in [1.807, 2.05) is 38.1 Å². The van der Waals surface area contributed by atoms with Crippen LogP contribution in [0.15, 0.2) is 59.7 Å². The third kappa shape index (κ3) is 3.55. The Morgan fingerprint density at radius 1 is 1.14 bits per heavy atom. The van der Waals surface area contributed by atoms with E-state index in [9.17, 15) is 9.18 Å². The van der Waals surface area contributed by atoms with Gasteiger partial charge in [0, 0.05) is 10.4 Å². The van der Waals surface area contributed by atoms with E-state index < -0.39 is 0 Å². The molecule has 0 aliphatic rings. The van der Waals surface area contributed by atoms with Crippen LogP contribution in [0.2, 0.25) is 0 Å². The summed E-state index contributed by atoms with van der Waals surface area (Å²) in [6.07, 6.45) is 1.56. The van der Waals surface area contributed by atoms with Crippen LogP contribution in [0, 0.1) is 19.7 Å². The van der Waals surface area contributed by atoms with Gasteiger partial charge in [0.1, 0.15) is 23.0 Å². The van der Waals surface area contributed by atoms with Gasteiger partial charge in [0.05, 0.1) is 18.3 Å². The van der Waals surface area contributed by atoms with Crippen molar-refractivity contribution in [2.45, 2.75) is 20.4 Å². The summed E-state index contributed by atoms with van der Waals surface area (Å²) in [7, 11) is 0. The Hall–Kier alpha value is -2.99. The maximum absolute atomic E-state index is 13.3. The van der Waals surface area contributed by atoms with E-state index in [4.69, 9.17) is 4.74 Å². The van der Waals surface area contributed by atoms with Crippen molar-refractivity contribution in [3.8, 4) is 16.9 Å². The molecule has 0 amide bonds. The smallest absolute Gasteiger partial charge is 0.262 e. The van der Waals surface area contributed by atoms with Crippen LogP contribution in [0.3, 0.4) is 0 Å². The Balaban J connectivity index is 1.65. The van der Waals surface area contributed by atoms with Gasteiger partial charge in [0.15, 0.2) is 0 Å². The quantitative estimate of drug-likeness (QED) is 0.481. The van der Waals surface area contributed by atoms with E-state index >= 15 is 0 Å². The zero-order chi connectivity index (χ0) is 19.7. The minimum absolute atomic E-state index is 0.110. The van der Waals surface area contributed by atoms with Crippen molar-refractivity contribution in [3.63, 3.8) is 0 Å². The van der Waals surface area contributed by atoms with Crippen LogP contribution in [0.25, 0.3) is 21.3 Å². The fourth-order valence-corrected chi connectivity index (χ4v) is 4.23. The molecule has 0 fully saturated rings. The van der Waals surface area contributed by atoms with Gasteiger partial charge in [-0.05, 0) is 49.2 Å². The second kappa shape index (κ2) is 7.56. The first-order chi connectivity index (χ1) is 13.5. The molecule has 0 aliphatic carbocycles. The summed E-state index contributed by atoms with van der Waals surface area (Å²) in [5.74, 6) is 0.477. The summed E-state index contributed by atoms with van der Waals surface area (Å²) in [5.41, 5.74) is 2.65. The highest BCUT2D eigenvalue weighted by atomic mass is 32.1. The second-order valence-electron chi connectivity index (χ2n) is 6.63. The lowest BCUT2D eigenvalue weighted by molar-refractivity contribution is 0.296. The summed E-state index contributed by atoms with van der Waals surface area (Å²) in [6.45, 7) is 4.72. The maximum atomic E-state index is 13.3. The lowest BCUT2D eigenvalue weighted by Crippen LogP contribution is -2.23. The highest BCUT2D eigenvalue weighted by molar-refractivity contribution is 7.19. The average Bonchev–Trinajstić information content (AvgIpc) is 3.01. The number of hydrogen-bond acceptors (Lipinski definition) is 4. The molecule has 2 aromatic heterocycles. The maximum Gasteiger partial charge on any atom is 0.262 e. The molecule has 28 heavy (non-hydrogen) atoms. The largest absolute Gasteiger partial charge is 0.492 e. The number of aryl methyl sites for hydroxylation is 2. The van der Waals surface area contributed by atoms with Crippen molar-refractivity contribution in [3.05, 3.63) is 81.5 Å². The number of halogens is 1. The number of nitrogens with zero attached hydrogens (tertiary/aromatic N) is 2. The van der Waals surface area contributed by atoms with Crippen LogP contribution < -0.4 is 10.3 Å². The second-order valence-corrected chi connectivity index (χ2v) is 7.83. The Bertz CT molecular complexity index is 1200. The SMILES string of the molecule is Cc1cccc(OCCn2cnc3sc(C)c(-c4ccc(F)cc4)c3c2=O)c1. The standard InChI is InChI=1S/C22H19FN2O2S/c1-14-4-3-5-18(12-14)27-11-10-25-13-24-21-20(22(25)26)19(15(2)28-21)16-6-8-17(23)9-7-16/h3-9,12-13H,10-11H2,1-2H3. The highest BCUT2D eigenvalue weighted by Gasteiger charge is 2.17. The molecule has 0 saturated heterocycles. The first-order valence-corrected chi connectivity index (χ1v) is 9.78. The van der Waals surface area contributed by atoms with Gasteiger partial charge < -0.3 is 4.74 Å².